The summed E-state index contributed by atoms with van der Waals surface area (Å²) < 4.78 is 0.491. The number of nitrogens with one attached hydrogen (secondary N) is 1. The highest BCUT2D eigenvalue weighted by molar-refractivity contribution is 9.10. The number of nitrogens with zero attached hydrogens (tertiary/aromatic N) is 1. The molecule has 0 saturated carbocycles. The second-order valence-electron chi connectivity index (χ2n) is 3.92. The number of aromatic nitrogens is 1. The number of halogens is 1. The van der Waals surface area contributed by atoms with Crippen LogP contribution in [0, 0.1) is 5.92 Å². The number of hydrogen-bond acceptors (Lipinski definition) is 3. The van der Waals surface area contributed by atoms with Crippen LogP contribution in [0.3, 0.4) is 0 Å². The molecule has 5 heteroatoms. The number of thioether (sulfide) groups is 1. The molecule has 18 heavy (non-hydrogen) atoms. The maximum absolute atomic E-state index is 11.6. The molecule has 0 radical (unpaired) electrons. The summed E-state index contributed by atoms with van der Waals surface area (Å²) in [5, 5.41) is 1.01. The standard InChI is InChI=1S/C13H17BrN2OS/c1-5-8(3)13(18-4)16-11-9(6-2)7-10(14)12(17)15-11/h6-8H,2,5H2,1,3-4H3,(H,15,17). The highest BCUT2D eigenvalue weighted by Crippen LogP contribution is 2.23. The van der Waals surface area contributed by atoms with E-state index in [0.717, 1.165) is 17.0 Å². The lowest BCUT2D eigenvalue weighted by atomic mass is 10.1. The first-order chi connectivity index (χ1) is 8.53. The monoisotopic (exact) mass is 328 g/mol. The predicted octanol–water partition coefficient (Wildman–Crippen LogP) is 4.22. The number of aliphatic imine (C=N–C) groups is 1. The van der Waals surface area contributed by atoms with E-state index >= 15 is 0 Å². The lowest BCUT2D eigenvalue weighted by Crippen LogP contribution is -2.09. The Labute approximate surface area is 120 Å². The third-order valence-corrected chi connectivity index (χ3v) is 4.19. The van der Waals surface area contributed by atoms with Crippen LogP contribution in [0.25, 0.3) is 6.08 Å². The highest BCUT2D eigenvalue weighted by atomic mass is 79.9. The van der Waals surface area contributed by atoms with Crippen molar-refractivity contribution in [1.29, 1.82) is 0 Å². The molecule has 1 unspecified atom stereocenters. The molecule has 0 aromatic carbocycles. The average molecular weight is 329 g/mol. The normalized spacial score (nSPS) is 13.4. The molecule has 3 nitrogen and oxygen atoms in total. The van der Waals surface area contributed by atoms with Gasteiger partial charge in [-0.25, -0.2) is 4.99 Å². The summed E-state index contributed by atoms with van der Waals surface area (Å²) >= 11 is 4.81. The smallest absolute Gasteiger partial charge is 0.263 e. The minimum absolute atomic E-state index is 0.177. The van der Waals surface area contributed by atoms with Crippen molar-refractivity contribution in [2.24, 2.45) is 10.9 Å². The molecule has 1 atom stereocenters. The predicted molar refractivity (Wildman–Crippen MR) is 84.9 cm³/mol. The van der Waals surface area contributed by atoms with E-state index in [0.29, 0.717) is 16.2 Å². The van der Waals surface area contributed by atoms with Crippen molar-refractivity contribution in [2.45, 2.75) is 20.3 Å². The lowest BCUT2D eigenvalue weighted by Gasteiger charge is -2.11. The van der Waals surface area contributed by atoms with Crippen LogP contribution >= 0.6 is 27.7 Å². The minimum Gasteiger partial charge on any atom is -0.306 e. The SMILES string of the molecule is C=Cc1cc(Br)c(=O)[nH]c1N=C(SC)C(C)CC. The molecule has 1 aromatic heterocycles. The van der Waals surface area contributed by atoms with Gasteiger partial charge in [0.05, 0.1) is 9.52 Å². The maximum atomic E-state index is 11.6. The highest BCUT2D eigenvalue weighted by Gasteiger charge is 2.10. The molecular formula is C13H17BrN2OS. The van der Waals surface area contributed by atoms with Gasteiger partial charge in [0.15, 0.2) is 0 Å². The van der Waals surface area contributed by atoms with Gasteiger partial charge in [-0.15, -0.1) is 11.8 Å². The van der Waals surface area contributed by atoms with Gasteiger partial charge < -0.3 is 4.98 Å². The molecule has 0 fully saturated rings. The van der Waals surface area contributed by atoms with Gasteiger partial charge in [0.2, 0.25) is 0 Å². The van der Waals surface area contributed by atoms with Gasteiger partial charge >= 0.3 is 0 Å². The molecule has 0 aliphatic carbocycles. The third-order valence-electron chi connectivity index (χ3n) is 2.69. The van der Waals surface area contributed by atoms with Gasteiger partial charge in [-0.1, -0.05) is 26.5 Å². The summed E-state index contributed by atoms with van der Waals surface area (Å²) in [6.07, 6.45) is 4.70. The molecule has 0 spiro atoms. The maximum Gasteiger partial charge on any atom is 0.263 e. The number of aromatic amines is 1. The average Bonchev–Trinajstić information content (AvgIpc) is 2.38. The second-order valence-corrected chi connectivity index (χ2v) is 5.60. The summed E-state index contributed by atoms with van der Waals surface area (Å²) in [5.41, 5.74) is 0.639. The zero-order chi connectivity index (χ0) is 13.7. The molecule has 1 N–H and O–H groups in total. The van der Waals surface area contributed by atoms with Gasteiger partial charge in [0, 0.05) is 11.5 Å². The van der Waals surface area contributed by atoms with E-state index in [1.165, 1.54) is 0 Å². The largest absolute Gasteiger partial charge is 0.306 e. The van der Waals surface area contributed by atoms with Crippen LogP contribution in [-0.4, -0.2) is 16.3 Å². The van der Waals surface area contributed by atoms with Crippen LogP contribution in [0.5, 0.6) is 0 Å². The van der Waals surface area contributed by atoms with Crippen molar-refractivity contribution < 1.29 is 0 Å². The number of pyridine rings is 1. The number of hydrogen-bond donors (Lipinski definition) is 1. The first kappa shape index (κ1) is 15.2. The molecule has 0 bridgehead atoms. The van der Waals surface area contributed by atoms with Gasteiger partial charge in [-0.05, 0) is 34.7 Å². The number of rotatable bonds is 4. The van der Waals surface area contributed by atoms with Crippen molar-refractivity contribution in [2.75, 3.05) is 6.26 Å². The first-order valence-electron chi connectivity index (χ1n) is 5.71. The van der Waals surface area contributed by atoms with Crippen LogP contribution in [0.2, 0.25) is 0 Å². The van der Waals surface area contributed by atoms with E-state index in [9.17, 15) is 4.79 Å². The van der Waals surface area contributed by atoms with Crippen molar-refractivity contribution in [3.63, 3.8) is 0 Å². The Balaban J connectivity index is 3.31. The van der Waals surface area contributed by atoms with Crippen molar-refractivity contribution in [3.8, 4) is 0 Å². The number of H-pyrrole nitrogens is 1. The lowest BCUT2D eigenvalue weighted by molar-refractivity contribution is 0.749. The Bertz CT molecular complexity index is 522. The van der Waals surface area contributed by atoms with E-state index in [1.54, 1.807) is 23.9 Å². The molecule has 0 aliphatic rings. The molecular weight excluding hydrogens is 312 g/mol. The van der Waals surface area contributed by atoms with E-state index in [-0.39, 0.29) is 5.56 Å². The fraction of sp³-hybridized carbons (Fsp3) is 0.385. The van der Waals surface area contributed by atoms with E-state index < -0.39 is 0 Å². The zero-order valence-electron chi connectivity index (χ0n) is 10.8. The van der Waals surface area contributed by atoms with Gasteiger partial charge in [0.25, 0.3) is 5.56 Å². The van der Waals surface area contributed by atoms with Gasteiger partial charge in [-0.3, -0.25) is 4.79 Å². The quantitative estimate of drug-likeness (QED) is 0.664. The Morgan fingerprint density at radius 2 is 2.39 bits per heavy atom. The van der Waals surface area contributed by atoms with E-state index in [1.807, 2.05) is 6.26 Å². The first-order valence-corrected chi connectivity index (χ1v) is 7.73. The topological polar surface area (TPSA) is 45.2 Å². The molecule has 0 amide bonds. The fourth-order valence-corrected chi connectivity index (χ4v) is 2.50. The summed E-state index contributed by atoms with van der Waals surface area (Å²) in [7, 11) is 0. The van der Waals surface area contributed by atoms with Crippen LogP contribution in [0.1, 0.15) is 25.8 Å². The Morgan fingerprint density at radius 3 is 2.89 bits per heavy atom. The second kappa shape index (κ2) is 6.95. The molecule has 0 aliphatic heterocycles. The van der Waals surface area contributed by atoms with Crippen molar-refractivity contribution >= 4 is 44.6 Å². The Morgan fingerprint density at radius 1 is 1.72 bits per heavy atom. The Hall–Kier alpha value is -0.810. The van der Waals surface area contributed by atoms with Crippen LogP contribution < -0.4 is 5.56 Å². The van der Waals surface area contributed by atoms with Crippen LogP contribution in [0.4, 0.5) is 5.82 Å². The Kier molecular flexibility index (Phi) is 5.88. The molecule has 1 rings (SSSR count). The summed E-state index contributed by atoms with van der Waals surface area (Å²) in [6.45, 7) is 7.99. The van der Waals surface area contributed by atoms with Gasteiger partial charge in [-0.2, -0.15) is 0 Å². The van der Waals surface area contributed by atoms with Crippen LogP contribution in [0.15, 0.2) is 26.9 Å². The fourth-order valence-electron chi connectivity index (χ4n) is 1.40. The van der Waals surface area contributed by atoms with E-state index in [2.05, 4.69) is 46.3 Å². The third kappa shape index (κ3) is 3.59. The van der Waals surface area contributed by atoms with Gasteiger partial charge in [0.1, 0.15) is 5.82 Å². The molecule has 98 valence electrons. The summed E-state index contributed by atoms with van der Waals surface area (Å²) in [4.78, 5) is 18.9. The van der Waals surface area contributed by atoms with Crippen molar-refractivity contribution in [1.82, 2.24) is 4.98 Å². The summed E-state index contributed by atoms with van der Waals surface area (Å²) in [5.74, 6) is 0.952. The zero-order valence-corrected chi connectivity index (χ0v) is 13.2. The van der Waals surface area contributed by atoms with Crippen LogP contribution in [-0.2, 0) is 0 Å². The molecule has 1 aromatic rings. The molecule has 1 heterocycles. The summed E-state index contributed by atoms with van der Waals surface area (Å²) in [6, 6.07) is 1.74. The molecule has 0 saturated heterocycles. The van der Waals surface area contributed by atoms with E-state index in [4.69, 9.17) is 0 Å². The minimum atomic E-state index is -0.177. The van der Waals surface area contributed by atoms with Crippen molar-refractivity contribution in [3.05, 3.63) is 33.0 Å².